The monoisotopic (exact) mass is 770 g/mol. The van der Waals surface area contributed by atoms with Crippen LogP contribution in [-0.2, 0) is 11.8 Å². The number of amidine groups is 1. The Labute approximate surface area is 347 Å². The molecule has 4 aliphatic carbocycles. The first-order chi connectivity index (χ1) is 28.9. The summed E-state index contributed by atoms with van der Waals surface area (Å²) in [5, 5.41) is 5.25. The largest absolute Gasteiger partial charge is 0.483 e. The van der Waals surface area contributed by atoms with Crippen LogP contribution in [-0.4, -0.2) is 34.6 Å². The number of fused-ring (bicyclic) bond motifs is 6. The molecule has 0 saturated carbocycles. The molecule has 0 amide bonds. The fraction of sp³-hybridized carbons (Fsp3) is 0.241. The summed E-state index contributed by atoms with van der Waals surface area (Å²) in [6.45, 7) is 4.66. The van der Waals surface area contributed by atoms with Gasteiger partial charge in [-0.15, -0.1) is 0 Å². The van der Waals surface area contributed by atoms with Crippen molar-refractivity contribution in [3.63, 3.8) is 0 Å². The van der Waals surface area contributed by atoms with Crippen LogP contribution in [0.2, 0.25) is 0 Å². The normalized spacial score (nSPS) is 25.8. The van der Waals surface area contributed by atoms with Crippen LogP contribution in [0.5, 0.6) is 5.75 Å². The van der Waals surface area contributed by atoms with Crippen LogP contribution in [0, 0.1) is 5.92 Å². The van der Waals surface area contributed by atoms with Gasteiger partial charge in [0.05, 0.1) is 16.6 Å². The van der Waals surface area contributed by atoms with Gasteiger partial charge in [0, 0.05) is 27.8 Å². The van der Waals surface area contributed by atoms with Gasteiger partial charge < -0.3 is 14.6 Å². The van der Waals surface area contributed by atoms with Crippen molar-refractivity contribution in [1.29, 1.82) is 0 Å². The third-order valence-electron chi connectivity index (χ3n) is 13.5. The lowest BCUT2D eigenvalue weighted by Gasteiger charge is -2.42. The summed E-state index contributed by atoms with van der Waals surface area (Å²) >= 11 is 0. The number of rotatable bonds is 6. The van der Waals surface area contributed by atoms with Crippen molar-refractivity contribution in [2.45, 2.75) is 69.8 Å². The van der Waals surface area contributed by atoms with Gasteiger partial charge in [-0.25, -0.2) is 4.99 Å². The Morgan fingerprint density at radius 1 is 0.831 bits per heavy atom. The molecule has 59 heavy (non-hydrogen) atoms. The maximum atomic E-state index is 7.22. The van der Waals surface area contributed by atoms with E-state index >= 15 is 0 Å². The molecule has 6 aliphatic rings. The summed E-state index contributed by atoms with van der Waals surface area (Å²) in [6.07, 6.45) is 27.9. The Hall–Kier alpha value is -6.17. The van der Waals surface area contributed by atoms with E-state index in [2.05, 4.69) is 194 Å². The molecule has 5 atom stereocenters. The van der Waals surface area contributed by atoms with Gasteiger partial charge in [0.1, 0.15) is 23.9 Å². The summed E-state index contributed by atoms with van der Waals surface area (Å²) in [4.78, 5) is 7.86. The number of aliphatic imine (C=N–C) groups is 1. The number of hydrogen-bond acceptors (Lipinski definition) is 4. The van der Waals surface area contributed by atoms with E-state index in [1.807, 2.05) is 0 Å². The van der Waals surface area contributed by atoms with Crippen LogP contribution in [0.15, 0.2) is 162 Å². The molecule has 3 heterocycles. The number of hydrogen-bond donors (Lipinski definition) is 1. The first-order valence-electron chi connectivity index (χ1n) is 21.4. The molecule has 0 bridgehead atoms. The lowest BCUT2D eigenvalue weighted by atomic mass is 9.73. The van der Waals surface area contributed by atoms with Gasteiger partial charge in [-0.05, 0) is 110 Å². The minimum absolute atomic E-state index is 0.122. The Morgan fingerprint density at radius 2 is 1.66 bits per heavy atom. The molecular weight excluding hydrogens is 721 g/mol. The Bertz CT molecular complexity index is 2760. The second-order valence-corrected chi connectivity index (χ2v) is 17.3. The molecule has 0 spiro atoms. The van der Waals surface area contributed by atoms with E-state index in [1.165, 1.54) is 66.8 Å². The van der Waals surface area contributed by atoms with E-state index in [9.17, 15) is 0 Å². The van der Waals surface area contributed by atoms with Gasteiger partial charge in [0.25, 0.3) is 0 Å². The van der Waals surface area contributed by atoms with Crippen molar-refractivity contribution in [3.8, 4) is 5.75 Å². The van der Waals surface area contributed by atoms with E-state index in [1.54, 1.807) is 0 Å². The lowest BCUT2D eigenvalue weighted by Crippen LogP contribution is -2.51. The van der Waals surface area contributed by atoms with Crippen molar-refractivity contribution in [3.05, 3.63) is 196 Å². The van der Waals surface area contributed by atoms with Crippen molar-refractivity contribution in [2.75, 3.05) is 7.05 Å². The molecule has 2 aliphatic heterocycles. The topological polar surface area (TPSA) is 41.8 Å². The SMILES string of the molecule is CC1C=CC(c2ccc3c(c2)c2c(n3C3=CC=CC4(C)c5c(cccc5C5NC(c6ccccc6)=NC(C6=CC=C(c7ccccc7)CC6)N5C)OC34)CCC=C2)=CC1. The predicted molar refractivity (Wildman–Crippen MR) is 244 cm³/mol. The van der Waals surface area contributed by atoms with Crippen LogP contribution >= 0.6 is 0 Å². The molecule has 0 fully saturated rings. The van der Waals surface area contributed by atoms with Gasteiger partial charge in [0.2, 0.25) is 0 Å². The number of ether oxygens (including phenoxy) is 1. The van der Waals surface area contributed by atoms with E-state index in [0.29, 0.717) is 5.92 Å². The number of benzene rings is 4. The Kier molecular flexibility index (Phi) is 8.70. The molecule has 11 rings (SSSR count). The maximum Gasteiger partial charge on any atom is 0.152 e. The minimum Gasteiger partial charge on any atom is -0.483 e. The highest BCUT2D eigenvalue weighted by Gasteiger charge is 2.50. The highest BCUT2D eigenvalue weighted by Crippen LogP contribution is 2.53. The molecule has 5 nitrogen and oxygen atoms in total. The second-order valence-electron chi connectivity index (χ2n) is 17.3. The van der Waals surface area contributed by atoms with Crippen LogP contribution < -0.4 is 10.1 Å². The van der Waals surface area contributed by atoms with Crippen molar-refractivity contribution in [1.82, 2.24) is 14.8 Å². The van der Waals surface area contributed by atoms with Gasteiger partial charge in [0.15, 0.2) is 6.10 Å². The van der Waals surface area contributed by atoms with Gasteiger partial charge in [-0.2, -0.15) is 0 Å². The zero-order valence-electron chi connectivity index (χ0n) is 34.1. The van der Waals surface area contributed by atoms with Crippen LogP contribution in [0.4, 0.5) is 0 Å². The van der Waals surface area contributed by atoms with Crippen molar-refractivity contribution < 1.29 is 4.74 Å². The maximum absolute atomic E-state index is 7.22. The van der Waals surface area contributed by atoms with Crippen LogP contribution in [0.3, 0.4) is 0 Å². The summed E-state index contributed by atoms with van der Waals surface area (Å²) in [5.74, 6) is 2.46. The highest BCUT2D eigenvalue weighted by atomic mass is 16.5. The van der Waals surface area contributed by atoms with E-state index < -0.39 is 5.41 Å². The molecule has 4 aromatic carbocycles. The van der Waals surface area contributed by atoms with Crippen LogP contribution in [0.1, 0.15) is 84.8 Å². The predicted octanol–water partition coefficient (Wildman–Crippen LogP) is 11.8. The summed E-state index contributed by atoms with van der Waals surface area (Å²) < 4.78 is 9.76. The number of nitrogens with one attached hydrogen (secondary N) is 1. The van der Waals surface area contributed by atoms with E-state index in [4.69, 9.17) is 9.73 Å². The Morgan fingerprint density at radius 3 is 2.44 bits per heavy atom. The molecule has 292 valence electrons. The molecule has 5 unspecified atom stereocenters. The third-order valence-corrected chi connectivity index (χ3v) is 13.5. The number of nitrogens with zero attached hydrogens (tertiary/aromatic N) is 3. The molecule has 1 aromatic heterocycles. The first-order valence-corrected chi connectivity index (χ1v) is 21.4. The minimum atomic E-state index is -0.407. The van der Waals surface area contributed by atoms with Crippen molar-refractivity contribution >= 4 is 39.7 Å². The lowest BCUT2D eigenvalue weighted by molar-refractivity contribution is 0.169. The fourth-order valence-electron chi connectivity index (χ4n) is 10.4. The fourth-order valence-corrected chi connectivity index (χ4v) is 10.4. The van der Waals surface area contributed by atoms with E-state index in [-0.39, 0.29) is 18.4 Å². The summed E-state index contributed by atoms with van der Waals surface area (Å²) in [7, 11) is 2.22. The quantitative estimate of drug-likeness (QED) is 0.187. The Balaban J connectivity index is 0.981. The molecule has 0 saturated heterocycles. The summed E-state index contributed by atoms with van der Waals surface area (Å²) in [6, 6.07) is 35.1. The second kappa shape index (κ2) is 14.3. The standard InChI is InChI=1S/C54H50N4O/c1-35-23-25-38(26-24-35)41-31-32-46-44(34-41)42-18-10-11-20-45(42)58(46)47-21-13-33-54(2)49-43(19-12-22-48(49)59-50(47)54)53-56-51(39-16-8-5-9-17-39)55-52(57(53)3)40-29-27-37(28-30-40)36-14-6-4-7-15-36/h4-10,12-19,21-23,25-27,29,31-35,50,52-53H,11,20,24,28,30H2,1-3H3,(H,55,56). The molecule has 1 N–H and O–H groups in total. The average Bonchev–Trinajstić information content (AvgIpc) is 3.79. The van der Waals surface area contributed by atoms with Crippen molar-refractivity contribution in [2.24, 2.45) is 10.9 Å². The smallest absolute Gasteiger partial charge is 0.152 e. The first kappa shape index (κ1) is 36.0. The van der Waals surface area contributed by atoms with Gasteiger partial charge in [-0.3, -0.25) is 4.90 Å². The highest BCUT2D eigenvalue weighted by molar-refractivity contribution is 6.00. The van der Waals surface area contributed by atoms with Crippen LogP contribution in [0.25, 0.3) is 33.8 Å². The van der Waals surface area contributed by atoms with Gasteiger partial charge >= 0.3 is 0 Å². The van der Waals surface area contributed by atoms with Gasteiger partial charge in [-0.1, -0.05) is 140 Å². The molecule has 5 aromatic rings. The molecular formula is C54H50N4O. The third kappa shape index (κ3) is 5.97. The zero-order valence-corrected chi connectivity index (χ0v) is 34.1. The molecule has 0 radical (unpaired) electrons. The zero-order chi connectivity index (χ0) is 39.7. The number of likely N-dealkylation sites (N-methyl/N-ethyl adjacent to an activating group) is 1. The number of allylic oxidation sites excluding steroid dienone is 10. The summed E-state index contributed by atoms with van der Waals surface area (Å²) in [5.41, 5.74) is 14.9. The number of aromatic nitrogens is 1. The molecule has 5 heteroatoms. The average molecular weight is 771 g/mol. The van der Waals surface area contributed by atoms with E-state index in [0.717, 1.165) is 49.3 Å².